The van der Waals surface area contributed by atoms with Gasteiger partial charge >= 0.3 is 6.03 Å². The molecule has 3 fully saturated rings. The van der Waals surface area contributed by atoms with Gasteiger partial charge in [0, 0.05) is 56.0 Å². The minimum atomic E-state index is -0.382. The number of nitrogens with zero attached hydrogens (tertiary/aromatic N) is 9. The largest absolute Gasteiger partial charge is 0.389 e. The topological polar surface area (TPSA) is 117 Å². The highest BCUT2D eigenvalue weighted by molar-refractivity contribution is 7.16. The number of nitriles is 1. The molecule has 3 aliphatic heterocycles. The Bertz CT molecular complexity index is 1730. The highest BCUT2D eigenvalue weighted by atomic mass is 32.1. The van der Waals surface area contributed by atoms with Gasteiger partial charge in [-0.3, -0.25) is 0 Å². The molecule has 1 N–H and O–H groups in total. The first-order chi connectivity index (χ1) is 20.2. The van der Waals surface area contributed by atoms with Crippen molar-refractivity contribution in [1.29, 1.82) is 5.26 Å². The van der Waals surface area contributed by atoms with Crippen LogP contribution in [0.15, 0.2) is 30.3 Å². The summed E-state index contributed by atoms with van der Waals surface area (Å²) in [6.45, 7) is 10.2. The summed E-state index contributed by atoms with van der Waals surface area (Å²) in [6, 6.07) is 12.5. The molecule has 0 radical (unpaired) electrons. The summed E-state index contributed by atoms with van der Waals surface area (Å²) in [6.07, 6.45) is 0.344. The summed E-state index contributed by atoms with van der Waals surface area (Å²) in [4.78, 5) is 31.1. The zero-order chi connectivity index (χ0) is 29.3. The zero-order valence-corrected chi connectivity index (χ0v) is 25.0. The third-order valence-electron chi connectivity index (χ3n) is 8.63. The van der Waals surface area contributed by atoms with E-state index in [9.17, 15) is 15.2 Å². The molecule has 216 valence electrons. The molecule has 0 atom stereocenters. The number of aliphatic hydroxyl groups excluding tert-OH is 1. The van der Waals surface area contributed by atoms with Crippen LogP contribution in [0.4, 0.5) is 21.4 Å². The number of aromatic nitrogens is 4. The molecule has 0 aliphatic carbocycles. The molecule has 1 spiro atoms. The number of β-amino-alcohol motifs (C(OH)–C–C–N with tert-alkyl or cyclic N) is 1. The van der Waals surface area contributed by atoms with Gasteiger partial charge in [0.05, 0.1) is 24.9 Å². The number of aryl methyl sites for hydroxylation is 3. The van der Waals surface area contributed by atoms with Crippen molar-refractivity contribution in [2.75, 3.05) is 56.1 Å². The lowest BCUT2D eigenvalue weighted by Gasteiger charge is -2.61. The summed E-state index contributed by atoms with van der Waals surface area (Å²) >= 11 is 1.37. The number of benzene rings is 1. The summed E-state index contributed by atoms with van der Waals surface area (Å²) < 4.78 is 1.90. The summed E-state index contributed by atoms with van der Waals surface area (Å²) in [5.41, 5.74) is 6.43. The number of carbonyl (C=O) groups excluding carboxylic acids is 1. The summed E-state index contributed by atoms with van der Waals surface area (Å²) in [5, 5.41) is 25.0. The molecule has 4 aromatic rings. The fraction of sp³-hybridized carbons (Fsp3) is 0.433. The first-order valence-corrected chi connectivity index (χ1v) is 15.1. The quantitative estimate of drug-likeness (QED) is 0.379. The molecule has 6 heterocycles. The van der Waals surface area contributed by atoms with Crippen LogP contribution in [-0.4, -0.2) is 92.9 Å². The van der Waals surface area contributed by atoms with Gasteiger partial charge in [-0.05, 0) is 20.3 Å². The van der Waals surface area contributed by atoms with E-state index in [0.717, 1.165) is 72.3 Å². The van der Waals surface area contributed by atoms with Gasteiger partial charge < -0.3 is 24.7 Å². The van der Waals surface area contributed by atoms with Crippen molar-refractivity contribution >= 4 is 39.7 Å². The van der Waals surface area contributed by atoms with E-state index in [2.05, 4.69) is 24.0 Å². The van der Waals surface area contributed by atoms with Crippen LogP contribution in [-0.2, 0) is 6.42 Å². The highest BCUT2D eigenvalue weighted by Crippen LogP contribution is 2.43. The van der Waals surface area contributed by atoms with Crippen molar-refractivity contribution < 1.29 is 9.90 Å². The SMILES string of the molecule is CCc1nn2c(C)cc(N3CC4(CN(C(=O)N5CC(O)C5)C4)C3)nc2c1N(C)c1nc(-c2ccc(C)cc2)c(C#N)s1. The van der Waals surface area contributed by atoms with Gasteiger partial charge in [-0.1, -0.05) is 48.1 Å². The van der Waals surface area contributed by atoms with Crippen LogP contribution >= 0.6 is 11.3 Å². The number of likely N-dealkylation sites (tertiary alicyclic amines) is 2. The molecular weight excluding hydrogens is 550 g/mol. The van der Waals surface area contributed by atoms with Crippen LogP contribution in [0.5, 0.6) is 0 Å². The molecule has 12 heteroatoms. The predicted octanol–water partition coefficient (Wildman–Crippen LogP) is 3.59. The summed E-state index contributed by atoms with van der Waals surface area (Å²) in [5.74, 6) is 0.899. The summed E-state index contributed by atoms with van der Waals surface area (Å²) in [7, 11) is 1.97. The van der Waals surface area contributed by atoms with Crippen molar-refractivity contribution in [2.24, 2.45) is 5.41 Å². The molecule has 3 aliphatic rings. The van der Waals surface area contributed by atoms with E-state index in [1.165, 1.54) is 11.3 Å². The van der Waals surface area contributed by atoms with E-state index in [1.807, 2.05) is 59.5 Å². The number of rotatable bonds is 5. The molecular formula is C30H33N9O2S. The molecule has 42 heavy (non-hydrogen) atoms. The second kappa shape index (κ2) is 9.68. The minimum absolute atomic E-state index is 0.0334. The van der Waals surface area contributed by atoms with Gasteiger partial charge in [-0.15, -0.1) is 0 Å². The lowest BCUT2D eigenvalue weighted by Crippen LogP contribution is -2.75. The minimum Gasteiger partial charge on any atom is -0.389 e. The van der Waals surface area contributed by atoms with Crippen LogP contribution in [0.25, 0.3) is 16.9 Å². The Balaban J connectivity index is 1.15. The van der Waals surface area contributed by atoms with Gasteiger partial charge in [0.15, 0.2) is 10.8 Å². The Labute approximate surface area is 248 Å². The van der Waals surface area contributed by atoms with E-state index in [1.54, 1.807) is 4.90 Å². The van der Waals surface area contributed by atoms with Crippen molar-refractivity contribution in [1.82, 2.24) is 29.4 Å². The third-order valence-corrected chi connectivity index (χ3v) is 9.67. The van der Waals surface area contributed by atoms with Crippen LogP contribution in [0.1, 0.15) is 28.8 Å². The number of urea groups is 1. The second-order valence-electron chi connectivity index (χ2n) is 11.9. The van der Waals surface area contributed by atoms with Crippen molar-refractivity contribution in [3.63, 3.8) is 0 Å². The second-order valence-corrected chi connectivity index (χ2v) is 12.9. The van der Waals surface area contributed by atoms with E-state index in [-0.39, 0.29) is 17.6 Å². The van der Waals surface area contributed by atoms with E-state index >= 15 is 0 Å². The standard InChI is InChI=1S/C30H33N9O2S/c1-5-22-26(35(4)28-33-25(23(11-31)42-28)20-8-6-18(2)7-9-20)27-32-24(10-19(3)39(27)34-22)37-14-30(15-37)16-38(17-30)29(41)36-12-21(40)13-36/h6-10,21,40H,5,12-17H2,1-4H3. The maximum absolute atomic E-state index is 12.6. The third kappa shape index (κ3) is 4.18. The lowest BCUT2D eigenvalue weighted by molar-refractivity contribution is -0.0330. The molecule has 3 saturated heterocycles. The van der Waals surface area contributed by atoms with Crippen molar-refractivity contribution in [3.8, 4) is 17.3 Å². The number of anilines is 3. The molecule has 0 saturated carbocycles. The number of carbonyl (C=O) groups is 1. The number of amides is 2. The Morgan fingerprint density at radius 2 is 1.86 bits per heavy atom. The number of fused-ring (bicyclic) bond motifs is 1. The fourth-order valence-electron chi connectivity index (χ4n) is 6.29. The number of thiazole rings is 1. The fourth-order valence-corrected chi connectivity index (χ4v) is 7.14. The number of hydrogen-bond acceptors (Lipinski definition) is 9. The van der Waals surface area contributed by atoms with E-state index < -0.39 is 0 Å². The van der Waals surface area contributed by atoms with Gasteiger partial charge in [-0.2, -0.15) is 10.4 Å². The van der Waals surface area contributed by atoms with Crippen LogP contribution in [0.3, 0.4) is 0 Å². The molecule has 7 rings (SSSR count). The van der Waals surface area contributed by atoms with Crippen molar-refractivity contribution in [2.45, 2.75) is 33.3 Å². The molecule has 3 aromatic heterocycles. The smallest absolute Gasteiger partial charge is 0.320 e. The maximum Gasteiger partial charge on any atom is 0.320 e. The molecule has 1 aromatic carbocycles. The lowest BCUT2D eigenvalue weighted by atomic mass is 9.73. The van der Waals surface area contributed by atoms with Crippen LogP contribution < -0.4 is 9.80 Å². The molecule has 0 bridgehead atoms. The maximum atomic E-state index is 12.6. The predicted molar refractivity (Wildman–Crippen MR) is 161 cm³/mol. The molecule has 11 nitrogen and oxygen atoms in total. The molecule has 0 unspecified atom stereocenters. The van der Waals surface area contributed by atoms with Gasteiger partial charge in [-0.25, -0.2) is 19.3 Å². The first kappa shape index (κ1) is 26.7. The number of aliphatic hydroxyl groups is 1. The Morgan fingerprint density at radius 3 is 2.50 bits per heavy atom. The van der Waals surface area contributed by atoms with Crippen molar-refractivity contribution in [3.05, 3.63) is 52.2 Å². The van der Waals surface area contributed by atoms with Crippen LogP contribution in [0.2, 0.25) is 0 Å². The normalized spacial score (nSPS) is 17.7. The average Bonchev–Trinajstić information content (AvgIpc) is 3.52. The Morgan fingerprint density at radius 1 is 1.14 bits per heavy atom. The highest BCUT2D eigenvalue weighted by Gasteiger charge is 2.54. The molecule has 2 amide bonds. The van der Waals surface area contributed by atoms with E-state index in [4.69, 9.17) is 15.1 Å². The average molecular weight is 584 g/mol. The Kier molecular flexibility index (Phi) is 6.14. The van der Waals surface area contributed by atoms with E-state index in [0.29, 0.717) is 28.8 Å². The van der Waals surface area contributed by atoms with Crippen LogP contribution in [0, 0.1) is 30.6 Å². The monoisotopic (exact) mass is 583 g/mol. The Hall–Kier alpha value is -4.21. The van der Waals surface area contributed by atoms with Gasteiger partial charge in [0.1, 0.15) is 28.1 Å². The van der Waals surface area contributed by atoms with Gasteiger partial charge in [0.2, 0.25) is 0 Å². The van der Waals surface area contributed by atoms with Gasteiger partial charge in [0.25, 0.3) is 0 Å². The first-order valence-electron chi connectivity index (χ1n) is 14.3. The zero-order valence-electron chi connectivity index (χ0n) is 24.2. The number of hydrogen-bond donors (Lipinski definition) is 1.